The van der Waals surface area contributed by atoms with Crippen LogP contribution in [0, 0.1) is 0 Å². The zero-order chi connectivity index (χ0) is 9.64. The fourth-order valence-electron chi connectivity index (χ4n) is 1.59. The van der Waals surface area contributed by atoms with Crippen molar-refractivity contribution in [3.05, 3.63) is 5.57 Å². The Morgan fingerprint density at radius 1 is 1.46 bits per heavy atom. The number of rotatable bonds is 0. The van der Waals surface area contributed by atoms with Gasteiger partial charge in [0.05, 0.1) is 18.7 Å². The van der Waals surface area contributed by atoms with E-state index >= 15 is 0 Å². The van der Waals surface area contributed by atoms with Gasteiger partial charge in [-0.15, -0.1) is 0 Å². The third-order valence-electron chi connectivity index (χ3n) is 2.31. The first-order chi connectivity index (χ1) is 6.04. The summed E-state index contributed by atoms with van der Waals surface area (Å²) >= 11 is 0. The summed E-state index contributed by atoms with van der Waals surface area (Å²) in [4.78, 5) is 22.4. The van der Waals surface area contributed by atoms with Crippen LogP contribution in [0.25, 0.3) is 0 Å². The van der Waals surface area contributed by atoms with Gasteiger partial charge in [0.1, 0.15) is 11.3 Å². The molecule has 0 aromatic heterocycles. The van der Waals surface area contributed by atoms with E-state index in [0.717, 1.165) is 0 Å². The summed E-state index contributed by atoms with van der Waals surface area (Å²) in [6.45, 7) is 0.131. The third-order valence-corrected chi connectivity index (χ3v) is 4.31. The lowest BCUT2D eigenvalue weighted by Crippen LogP contribution is -2.60. The highest BCUT2D eigenvalue weighted by atomic mass is 32.2. The molecule has 5 nitrogen and oxygen atoms in total. The van der Waals surface area contributed by atoms with Crippen molar-refractivity contribution in [2.24, 2.45) is 0 Å². The molecule has 0 N–H and O–H groups in total. The van der Waals surface area contributed by atoms with E-state index in [-0.39, 0.29) is 30.2 Å². The Morgan fingerprint density at radius 2 is 2.15 bits per heavy atom. The molecule has 0 unspecified atom stereocenters. The first-order valence-corrected chi connectivity index (χ1v) is 5.50. The van der Waals surface area contributed by atoms with Crippen molar-refractivity contribution in [1.29, 1.82) is 0 Å². The van der Waals surface area contributed by atoms with Crippen molar-refractivity contribution < 1.29 is 18.0 Å². The zero-order valence-corrected chi connectivity index (χ0v) is 7.50. The molecule has 2 rings (SSSR count). The van der Waals surface area contributed by atoms with Gasteiger partial charge in [-0.25, -0.2) is 13.2 Å². The number of hydrogen-bond acceptors (Lipinski definition) is 4. The minimum atomic E-state index is -3.31. The van der Waals surface area contributed by atoms with Crippen LogP contribution in [0.5, 0.6) is 0 Å². The summed E-state index contributed by atoms with van der Waals surface area (Å²) < 4.78 is 22.7. The summed E-state index contributed by atoms with van der Waals surface area (Å²) in [6, 6.07) is 0. The summed E-state index contributed by atoms with van der Waals surface area (Å²) in [5.41, 5.74) is 0.143. The molecule has 2 heterocycles. The Kier molecular flexibility index (Phi) is 1.58. The quantitative estimate of drug-likeness (QED) is 0.362. The number of amides is 1. The maximum Gasteiger partial charge on any atom is 0.227 e. The van der Waals surface area contributed by atoms with E-state index in [1.165, 1.54) is 4.90 Å². The van der Waals surface area contributed by atoms with Crippen molar-refractivity contribution in [3.63, 3.8) is 0 Å². The Balaban J connectivity index is 2.38. The lowest BCUT2D eigenvalue weighted by atomic mass is 10.1. The second-order valence-corrected chi connectivity index (χ2v) is 5.35. The van der Waals surface area contributed by atoms with Crippen LogP contribution in [0.15, 0.2) is 5.57 Å². The van der Waals surface area contributed by atoms with Crippen LogP contribution in [0.3, 0.4) is 0 Å². The summed E-state index contributed by atoms with van der Waals surface area (Å²) in [5, 5.41) is -0.683. The van der Waals surface area contributed by atoms with Crippen molar-refractivity contribution in [3.8, 4) is 0 Å². The van der Waals surface area contributed by atoms with E-state index in [1.807, 2.05) is 0 Å². The molecule has 0 aromatic carbocycles. The van der Waals surface area contributed by atoms with E-state index < -0.39 is 15.2 Å². The molecule has 0 saturated carbocycles. The molecule has 2 aliphatic rings. The van der Waals surface area contributed by atoms with Gasteiger partial charge in [-0.2, -0.15) is 0 Å². The van der Waals surface area contributed by atoms with Crippen LogP contribution in [-0.4, -0.2) is 42.8 Å². The van der Waals surface area contributed by atoms with E-state index in [9.17, 15) is 18.0 Å². The van der Waals surface area contributed by atoms with Gasteiger partial charge in [0.25, 0.3) is 0 Å². The number of fused-ring (bicyclic) bond motifs is 1. The van der Waals surface area contributed by atoms with E-state index in [2.05, 4.69) is 0 Å². The molecule has 1 amide bonds. The first-order valence-electron chi connectivity index (χ1n) is 3.78. The number of nitrogens with zero attached hydrogens (tertiary/aromatic N) is 1. The highest BCUT2D eigenvalue weighted by Crippen LogP contribution is 2.30. The van der Waals surface area contributed by atoms with Gasteiger partial charge in [0.15, 0.2) is 9.84 Å². The second-order valence-electron chi connectivity index (χ2n) is 3.19. The minimum absolute atomic E-state index is 0.0640. The molecule has 0 aliphatic carbocycles. The van der Waals surface area contributed by atoms with Crippen LogP contribution < -0.4 is 0 Å². The fourth-order valence-corrected chi connectivity index (χ4v) is 3.39. The van der Waals surface area contributed by atoms with Crippen molar-refractivity contribution in [2.45, 2.75) is 11.8 Å². The van der Waals surface area contributed by atoms with Crippen molar-refractivity contribution in [1.82, 2.24) is 4.90 Å². The number of β-lactam (4-membered cyclic amide) rings is 1. The second kappa shape index (κ2) is 2.43. The lowest BCUT2D eigenvalue weighted by molar-refractivity contribution is -0.141. The molecular formula is C7H7NO4S. The van der Waals surface area contributed by atoms with E-state index in [1.54, 1.807) is 5.94 Å². The van der Waals surface area contributed by atoms with Gasteiger partial charge in [-0.3, -0.25) is 4.79 Å². The molecule has 0 aromatic rings. The van der Waals surface area contributed by atoms with Crippen LogP contribution in [0.4, 0.5) is 0 Å². The zero-order valence-electron chi connectivity index (χ0n) is 6.69. The highest BCUT2D eigenvalue weighted by Gasteiger charge is 2.48. The number of hydrogen-bond donors (Lipinski definition) is 0. The molecule has 0 spiro atoms. The summed E-state index contributed by atoms with van der Waals surface area (Å²) in [6.07, 6.45) is 0.0640. The number of sulfone groups is 1. The Labute approximate surface area is 74.9 Å². The molecular weight excluding hydrogens is 194 g/mol. The van der Waals surface area contributed by atoms with Gasteiger partial charge in [0, 0.05) is 5.57 Å². The largest absolute Gasteiger partial charge is 0.320 e. The maximum atomic E-state index is 11.4. The number of carbonyl (C=O) groups excluding carboxylic acids is 2. The maximum absolute atomic E-state index is 11.4. The molecule has 1 atom stereocenters. The molecule has 2 saturated heterocycles. The minimum Gasteiger partial charge on any atom is -0.320 e. The highest BCUT2D eigenvalue weighted by molar-refractivity contribution is 7.92. The smallest absolute Gasteiger partial charge is 0.227 e. The lowest BCUT2D eigenvalue weighted by Gasteiger charge is -2.42. The topological polar surface area (TPSA) is 71.5 Å². The van der Waals surface area contributed by atoms with Crippen LogP contribution >= 0.6 is 0 Å². The SMILES string of the molecule is O=C=C1CN2C(=O)C[C@H]2S(=O)(=O)C1. The predicted octanol–water partition coefficient (Wildman–Crippen LogP) is -1.27. The average Bonchev–Trinajstić information content (AvgIpc) is 2.06. The van der Waals surface area contributed by atoms with Gasteiger partial charge in [-0.1, -0.05) is 0 Å². The van der Waals surface area contributed by atoms with Crippen LogP contribution in [0.1, 0.15) is 6.42 Å². The van der Waals surface area contributed by atoms with Crippen molar-refractivity contribution in [2.75, 3.05) is 12.3 Å². The molecule has 70 valence electrons. The Hall–Kier alpha value is -1.13. The summed E-state index contributed by atoms with van der Waals surface area (Å²) in [5.74, 6) is 1.11. The van der Waals surface area contributed by atoms with E-state index in [0.29, 0.717) is 0 Å². The van der Waals surface area contributed by atoms with Crippen LogP contribution in [-0.2, 0) is 19.4 Å². The Bertz CT molecular complexity index is 418. The summed E-state index contributed by atoms with van der Waals surface area (Å²) in [7, 11) is -3.31. The molecule has 0 radical (unpaired) electrons. The van der Waals surface area contributed by atoms with Gasteiger partial charge < -0.3 is 4.90 Å². The molecule has 0 bridgehead atoms. The first kappa shape index (κ1) is 8.47. The standard InChI is InChI=1S/C7H7NO4S/c9-3-5-2-8-6(10)1-7(8)13(11,12)4-5/h7H,1-2,4H2/t7-/m1/s1. The molecule has 13 heavy (non-hydrogen) atoms. The third kappa shape index (κ3) is 1.10. The monoisotopic (exact) mass is 201 g/mol. The van der Waals surface area contributed by atoms with E-state index in [4.69, 9.17) is 0 Å². The van der Waals surface area contributed by atoms with Crippen LogP contribution in [0.2, 0.25) is 0 Å². The average molecular weight is 201 g/mol. The molecule has 2 aliphatic heterocycles. The van der Waals surface area contributed by atoms with Crippen molar-refractivity contribution >= 4 is 21.7 Å². The fraction of sp³-hybridized carbons (Fsp3) is 0.571. The molecule has 2 fully saturated rings. The van der Waals surface area contributed by atoms with Gasteiger partial charge >= 0.3 is 0 Å². The van der Waals surface area contributed by atoms with Gasteiger partial charge in [-0.05, 0) is 0 Å². The normalized spacial score (nSPS) is 30.5. The molecule has 6 heteroatoms. The Morgan fingerprint density at radius 3 is 2.69 bits per heavy atom. The number of carbonyl (C=O) groups is 1. The predicted molar refractivity (Wildman–Crippen MR) is 43.1 cm³/mol. The van der Waals surface area contributed by atoms with Gasteiger partial charge in [0.2, 0.25) is 5.91 Å².